The number of thiophene rings is 1. The van der Waals surface area contributed by atoms with E-state index in [1.54, 1.807) is 24.0 Å². The zero-order valence-corrected chi connectivity index (χ0v) is 20.3. The summed E-state index contributed by atoms with van der Waals surface area (Å²) in [6.07, 6.45) is 3.92. The highest BCUT2D eigenvalue weighted by atomic mass is 32.1. The van der Waals surface area contributed by atoms with E-state index >= 15 is 0 Å². The number of furan rings is 1. The Morgan fingerprint density at radius 3 is 2.55 bits per heavy atom. The van der Waals surface area contributed by atoms with Crippen molar-refractivity contribution >= 4 is 34.1 Å². The minimum absolute atomic E-state index is 0.122. The van der Waals surface area contributed by atoms with E-state index in [9.17, 15) is 14.4 Å². The van der Waals surface area contributed by atoms with E-state index < -0.39 is 0 Å². The molecular weight excluding hydrogens is 442 g/mol. The molecule has 2 aromatic rings. The first-order valence-corrected chi connectivity index (χ1v) is 12.4. The Labute approximate surface area is 197 Å². The van der Waals surface area contributed by atoms with Crippen LogP contribution in [0.2, 0.25) is 0 Å². The zero-order valence-electron chi connectivity index (χ0n) is 19.4. The van der Waals surface area contributed by atoms with Crippen molar-refractivity contribution in [1.82, 2.24) is 9.80 Å². The molecule has 0 spiro atoms. The van der Waals surface area contributed by atoms with E-state index in [0.29, 0.717) is 54.9 Å². The van der Waals surface area contributed by atoms with Crippen molar-refractivity contribution in [3.63, 3.8) is 0 Å². The van der Waals surface area contributed by atoms with E-state index in [-0.39, 0.29) is 23.8 Å². The predicted octanol–water partition coefficient (Wildman–Crippen LogP) is 3.49. The Kier molecular flexibility index (Phi) is 7.19. The number of aryl methyl sites for hydroxylation is 2. The number of amides is 2. The normalized spacial score (nSPS) is 17.4. The number of fused-ring (bicyclic) bond motifs is 1. The molecule has 3 heterocycles. The Bertz CT molecular complexity index is 1040. The smallest absolute Gasteiger partial charge is 0.341 e. The molecule has 2 aliphatic rings. The summed E-state index contributed by atoms with van der Waals surface area (Å²) < 4.78 is 10.7. The van der Waals surface area contributed by atoms with Crippen LogP contribution >= 0.6 is 11.3 Å². The fraction of sp³-hybridized carbons (Fsp3) is 0.542. The van der Waals surface area contributed by atoms with Gasteiger partial charge in [0.25, 0.3) is 5.91 Å². The lowest BCUT2D eigenvalue weighted by Crippen LogP contribution is -2.54. The standard InChI is InChI=1S/C24H31N3O5S/c1-4-31-24(30)20-17-7-5-6-8-19(17)33-22(20)25-21(28)16(3)26-11-13-27(14-12-26)23(29)18-10-9-15(2)32-18/h9-10,16H,4-8,11-14H2,1-3H3,(H,25,28). The highest BCUT2D eigenvalue weighted by Crippen LogP contribution is 2.38. The number of carbonyl (C=O) groups is 3. The second-order valence-electron chi connectivity index (χ2n) is 8.54. The van der Waals surface area contributed by atoms with E-state index in [4.69, 9.17) is 9.15 Å². The van der Waals surface area contributed by atoms with Crippen LogP contribution in [0.1, 0.15) is 63.8 Å². The minimum Gasteiger partial charge on any atom is -0.462 e. The third kappa shape index (κ3) is 4.99. The summed E-state index contributed by atoms with van der Waals surface area (Å²) in [5, 5.41) is 3.60. The fourth-order valence-corrected chi connectivity index (χ4v) is 5.75. The molecule has 1 fully saturated rings. The molecule has 1 saturated heterocycles. The topological polar surface area (TPSA) is 92.1 Å². The lowest BCUT2D eigenvalue weighted by atomic mass is 9.95. The van der Waals surface area contributed by atoms with Crippen LogP contribution in [0.3, 0.4) is 0 Å². The molecule has 1 atom stereocenters. The molecule has 33 heavy (non-hydrogen) atoms. The third-order valence-electron chi connectivity index (χ3n) is 6.37. The van der Waals surface area contributed by atoms with Gasteiger partial charge in [0.05, 0.1) is 18.2 Å². The molecule has 4 rings (SSSR count). The molecule has 0 aromatic carbocycles. The van der Waals surface area contributed by atoms with Crippen LogP contribution in [0.5, 0.6) is 0 Å². The van der Waals surface area contributed by atoms with Gasteiger partial charge >= 0.3 is 5.97 Å². The van der Waals surface area contributed by atoms with Crippen LogP contribution in [-0.4, -0.2) is 66.4 Å². The molecule has 1 unspecified atom stereocenters. The van der Waals surface area contributed by atoms with Crippen molar-refractivity contribution in [3.8, 4) is 0 Å². The summed E-state index contributed by atoms with van der Waals surface area (Å²) in [7, 11) is 0. The Morgan fingerprint density at radius 1 is 1.15 bits per heavy atom. The number of hydrogen-bond acceptors (Lipinski definition) is 7. The third-order valence-corrected chi connectivity index (χ3v) is 7.57. The number of ether oxygens (including phenoxy) is 1. The number of piperazine rings is 1. The van der Waals surface area contributed by atoms with Crippen LogP contribution in [-0.2, 0) is 22.4 Å². The average molecular weight is 474 g/mol. The Balaban J connectivity index is 1.40. The average Bonchev–Trinajstić information content (AvgIpc) is 3.41. The van der Waals surface area contributed by atoms with Crippen molar-refractivity contribution in [2.75, 3.05) is 38.1 Å². The summed E-state index contributed by atoms with van der Waals surface area (Å²) in [5.74, 6) is 0.420. The Hall–Kier alpha value is -2.65. The summed E-state index contributed by atoms with van der Waals surface area (Å²) in [5.41, 5.74) is 1.56. The molecule has 0 radical (unpaired) electrons. The number of anilines is 1. The summed E-state index contributed by atoms with van der Waals surface area (Å²) >= 11 is 1.50. The van der Waals surface area contributed by atoms with Gasteiger partial charge in [0.1, 0.15) is 10.8 Å². The van der Waals surface area contributed by atoms with Crippen molar-refractivity contribution in [2.45, 2.75) is 52.5 Å². The highest BCUT2D eigenvalue weighted by molar-refractivity contribution is 7.17. The molecule has 1 N–H and O–H groups in total. The van der Waals surface area contributed by atoms with Crippen LogP contribution in [0, 0.1) is 6.92 Å². The van der Waals surface area contributed by atoms with Crippen LogP contribution in [0.4, 0.5) is 5.00 Å². The van der Waals surface area contributed by atoms with E-state index in [0.717, 1.165) is 31.2 Å². The van der Waals surface area contributed by atoms with Gasteiger partial charge < -0.3 is 19.4 Å². The first-order valence-electron chi connectivity index (χ1n) is 11.6. The van der Waals surface area contributed by atoms with Gasteiger partial charge in [-0.3, -0.25) is 14.5 Å². The first-order chi connectivity index (χ1) is 15.9. The number of hydrogen-bond donors (Lipinski definition) is 1. The molecule has 0 bridgehead atoms. The van der Waals surface area contributed by atoms with Crippen molar-refractivity contribution < 1.29 is 23.5 Å². The van der Waals surface area contributed by atoms with E-state index in [1.807, 2.05) is 13.8 Å². The van der Waals surface area contributed by atoms with Gasteiger partial charge in [0.15, 0.2) is 5.76 Å². The molecule has 9 heteroatoms. The molecule has 1 aliphatic carbocycles. The Morgan fingerprint density at radius 2 is 1.88 bits per heavy atom. The molecule has 8 nitrogen and oxygen atoms in total. The van der Waals surface area contributed by atoms with E-state index in [1.165, 1.54) is 16.2 Å². The van der Waals surface area contributed by atoms with Gasteiger partial charge in [-0.05, 0) is 64.2 Å². The summed E-state index contributed by atoms with van der Waals surface area (Å²) in [4.78, 5) is 43.3. The maximum atomic E-state index is 13.1. The van der Waals surface area contributed by atoms with Crippen molar-refractivity contribution in [1.29, 1.82) is 0 Å². The van der Waals surface area contributed by atoms with Gasteiger partial charge in [0, 0.05) is 31.1 Å². The highest BCUT2D eigenvalue weighted by Gasteiger charge is 2.31. The van der Waals surface area contributed by atoms with E-state index in [2.05, 4.69) is 10.2 Å². The molecule has 178 valence electrons. The van der Waals surface area contributed by atoms with Crippen molar-refractivity contribution in [3.05, 3.63) is 39.7 Å². The van der Waals surface area contributed by atoms with Gasteiger partial charge in [-0.2, -0.15) is 0 Å². The number of rotatable bonds is 6. The number of esters is 1. The molecule has 1 aliphatic heterocycles. The van der Waals surface area contributed by atoms with Gasteiger partial charge in [-0.15, -0.1) is 11.3 Å². The maximum absolute atomic E-state index is 13.1. The van der Waals surface area contributed by atoms with Crippen molar-refractivity contribution in [2.24, 2.45) is 0 Å². The summed E-state index contributed by atoms with van der Waals surface area (Å²) in [6.45, 7) is 7.99. The zero-order chi connectivity index (χ0) is 23.5. The second kappa shape index (κ2) is 10.1. The van der Waals surface area contributed by atoms with Gasteiger partial charge in [-0.1, -0.05) is 0 Å². The SMILES string of the molecule is CCOC(=O)c1c(NC(=O)C(C)N2CCN(C(=O)c3ccc(C)o3)CC2)sc2c1CCCC2. The minimum atomic E-state index is -0.387. The monoisotopic (exact) mass is 473 g/mol. The maximum Gasteiger partial charge on any atom is 0.341 e. The predicted molar refractivity (Wildman–Crippen MR) is 126 cm³/mol. The number of carbonyl (C=O) groups excluding carboxylic acids is 3. The summed E-state index contributed by atoms with van der Waals surface area (Å²) in [6, 6.07) is 3.09. The molecule has 2 aromatic heterocycles. The quantitative estimate of drug-likeness (QED) is 0.646. The van der Waals surface area contributed by atoms with Crippen LogP contribution < -0.4 is 5.32 Å². The first kappa shape index (κ1) is 23.5. The second-order valence-corrected chi connectivity index (χ2v) is 9.64. The van der Waals surface area contributed by atoms with Gasteiger partial charge in [-0.25, -0.2) is 4.79 Å². The molecule has 0 saturated carbocycles. The lowest BCUT2D eigenvalue weighted by Gasteiger charge is -2.37. The number of nitrogens with zero attached hydrogens (tertiary/aromatic N) is 2. The van der Waals surface area contributed by atoms with Crippen LogP contribution in [0.15, 0.2) is 16.5 Å². The van der Waals surface area contributed by atoms with Crippen LogP contribution in [0.25, 0.3) is 0 Å². The number of nitrogens with one attached hydrogen (secondary N) is 1. The van der Waals surface area contributed by atoms with Gasteiger partial charge in [0.2, 0.25) is 5.91 Å². The molecular formula is C24H31N3O5S. The fourth-order valence-electron chi connectivity index (χ4n) is 4.47. The lowest BCUT2D eigenvalue weighted by molar-refractivity contribution is -0.121. The largest absolute Gasteiger partial charge is 0.462 e. The molecule has 2 amide bonds.